The molecule has 0 fully saturated rings. The Kier molecular flexibility index (Phi) is 5.96. The quantitative estimate of drug-likeness (QED) is 0.647. The summed E-state index contributed by atoms with van der Waals surface area (Å²) in [6.07, 6.45) is 0.355. The molecule has 3 aromatic rings. The van der Waals surface area contributed by atoms with E-state index < -0.39 is 0 Å². The lowest BCUT2D eigenvalue weighted by Crippen LogP contribution is -2.15. The van der Waals surface area contributed by atoms with Gasteiger partial charge in [0.15, 0.2) is 0 Å². The first-order valence-electron chi connectivity index (χ1n) is 7.93. The van der Waals surface area contributed by atoms with Gasteiger partial charge >= 0.3 is 0 Å². The van der Waals surface area contributed by atoms with Gasteiger partial charge in [-0.3, -0.25) is 4.79 Å². The number of carbonyl (C=O) groups is 1. The van der Waals surface area contributed by atoms with Crippen molar-refractivity contribution < 1.29 is 4.79 Å². The molecule has 1 aromatic heterocycles. The molecular formula is C18H16N6OS. The van der Waals surface area contributed by atoms with E-state index in [9.17, 15) is 4.79 Å². The zero-order chi connectivity index (χ0) is 18.2. The predicted molar refractivity (Wildman–Crippen MR) is 98.5 cm³/mol. The number of nitrogens with zero attached hydrogens (tertiary/aromatic N) is 5. The number of carbonyl (C=O) groups excluding carboxylic acids is 1. The highest BCUT2D eigenvalue weighted by Gasteiger charge is 2.10. The van der Waals surface area contributed by atoms with Crippen molar-refractivity contribution in [2.75, 3.05) is 11.1 Å². The molecule has 1 heterocycles. The average Bonchev–Trinajstić information content (AvgIpc) is 3.10. The van der Waals surface area contributed by atoms with Crippen LogP contribution in [0.5, 0.6) is 0 Å². The van der Waals surface area contributed by atoms with Crippen molar-refractivity contribution >= 4 is 23.4 Å². The van der Waals surface area contributed by atoms with Crippen molar-refractivity contribution in [3.05, 3.63) is 65.7 Å². The number of nitrogens with one attached hydrogen (secondary N) is 1. The minimum Gasteiger partial charge on any atom is -0.325 e. The molecule has 0 aliphatic rings. The molecule has 0 atom stereocenters. The van der Waals surface area contributed by atoms with Crippen LogP contribution in [0.4, 0.5) is 5.69 Å². The maximum Gasteiger partial charge on any atom is 0.234 e. The Morgan fingerprint density at radius 1 is 1.12 bits per heavy atom. The summed E-state index contributed by atoms with van der Waals surface area (Å²) in [6.45, 7) is 0.554. The number of rotatable bonds is 7. The van der Waals surface area contributed by atoms with Crippen molar-refractivity contribution in [3.8, 4) is 6.07 Å². The Morgan fingerprint density at radius 3 is 2.62 bits per heavy atom. The van der Waals surface area contributed by atoms with E-state index in [1.807, 2.05) is 42.5 Å². The van der Waals surface area contributed by atoms with Crippen LogP contribution in [0.25, 0.3) is 0 Å². The van der Waals surface area contributed by atoms with E-state index in [1.54, 1.807) is 16.8 Å². The highest BCUT2D eigenvalue weighted by Crippen LogP contribution is 2.16. The van der Waals surface area contributed by atoms with Crippen LogP contribution in [0.2, 0.25) is 0 Å². The number of anilines is 1. The maximum atomic E-state index is 12.1. The van der Waals surface area contributed by atoms with Gasteiger partial charge in [0, 0.05) is 5.69 Å². The molecule has 1 amide bonds. The minimum atomic E-state index is -0.141. The van der Waals surface area contributed by atoms with Crippen molar-refractivity contribution in [2.45, 2.75) is 18.1 Å². The molecule has 0 aliphatic carbocycles. The van der Waals surface area contributed by atoms with Crippen LogP contribution in [0.1, 0.15) is 11.1 Å². The Morgan fingerprint density at radius 2 is 1.88 bits per heavy atom. The fourth-order valence-electron chi connectivity index (χ4n) is 2.28. The number of amides is 1. The first-order valence-corrected chi connectivity index (χ1v) is 8.92. The van der Waals surface area contributed by atoms with E-state index in [1.165, 1.54) is 11.8 Å². The highest BCUT2D eigenvalue weighted by atomic mass is 32.2. The van der Waals surface area contributed by atoms with Crippen molar-refractivity contribution in [2.24, 2.45) is 0 Å². The van der Waals surface area contributed by atoms with E-state index in [4.69, 9.17) is 5.26 Å². The molecule has 0 unspecified atom stereocenters. The second-order valence-corrected chi connectivity index (χ2v) is 6.42. The lowest BCUT2D eigenvalue weighted by atomic mass is 10.1. The van der Waals surface area contributed by atoms with Crippen LogP contribution in [0, 0.1) is 11.3 Å². The van der Waals surface area contributed by atoms with Gasteiger partial charge in [0.25, 0.3) is 0 Å². The van der Waals surface area contributed by atoms with E-state index >= 15 is 0 Å². The summed E-state index contributed by atoms with van der Waals surface area (Å²) in [5.41, 5.74) is 2.70. The molecular weight excluding hydrogens is 348 g/mol. The summed E-state index contributed by atoms with van der Waals surface area (Å²) in [6, 6.07) is 19.2. The zero-order valence-corrected chi connectivity index (χ0v) is 14.7. The number of tetrazole rings is 1. The molecule has 0 radical (unpaired) electrons. The molecule has 26 heavy (non-hydrogen) atoms. The first-order chi connectivity index (χ1) is 12.7. The molecule has 2 aromatic carbocycles. The second-order valence-electron chi connectivity index (χ2n) is 5.47. The fourth-order valence-corrected chi connectivity index (χ4v) is 2.96. The smallest absolute Gasteiger partial charge is 0.234 e. The third kappa shape index (κ3) is 4.91. The fraction of sp³-hybridized carbons (Fsp3) is 0.167. The lowest BCUT2D eigenvalue weighted by Gasteiger charge is -2.06. The Hall–Kier alpha value is -3.18. The van der Waals surface area contributed by atoms with Crippen LogP contribution in [0.3, 0.4) is 0 Å². The van der Waals surface area contributed by atoms with Gasteiger partial charge in [0.2, 0.25) is 11.1 Å². The largest absolute Gasteiger partial charge is 0.325 e. The van der Waals surface area contributed by atoms with Gasteiger partial charge in [-0.1, -0.05) is 54.2 Å². The number of nitriles is 1. The molecule has 0 bridgehead atoms. The van der Waals surface area contributed by atoms with Gasteiger partial charge in [0.05, 0.1) is 24.8 Å². The van der Waals surface area contributed by atoms with Gasteiger partial charge in [-0.25, -0.2) is 4.68 Å². The second kappa shape index (κ2) is 8.78. The monoisotopic (exact) mass is 364 g/mol. The van der Waals surface area contributed by atoms with Crippen LogP contribution < -0.4 is 5.32 Å². The topological polar surface area (TPSA) is 96.5 Å². The number of hydrogen-bond acceptors (Lipinski definition) is 6. The van der Waals surface area contributed by atoms with Gasteiger partial charge in [-0.2, -0.15) is 5.26 Å². The molecule has 7 nitrogen and oxygen atoms in total. The van der Waals surface area contributed by atoms with Crippen LogP contribution in [0.15, 0.2) is 59.8 Å². The molecule has 3 rings (SSSR count). The lowest BCUT2D eigenvalue weighted by molar-refractivity contribution is -0.113. The number of hydrogen-bond donors (Lipinski definition) is 1. The summed E-state index contributed by atoms with van der Waals surface area (Å²) in [5.74, 6) is 0.0621. The first kappa shape index (κ1) is 17.6. The predicted octanol–water partition coefficient (Wildman–Crippen LogP) is 2.52. The normalized spacial score (nSPS) is 10.3. The molecule has 0 saturated heterocycles. The van der Waals surface area contributed by atoms with Crippen molar-refractivity contribution in [1.29, 1.82) is 5.26 Å². The minimum absolute atomic E-state index is 0.141. The Balaban J connectivity index is 1.53. The zero-order valence-electron chi connectivity index (χ0n) is 13.9. The highest BCUT2D eigenvalue weighted by molar-refractivity contribution is 7.99. The maximum absolute atomic E-state index is 12.1. The Labute approximate surface area is 155 Å². The summed E-state index contributed by atoms with van der Waals surface area (Å²) in [5, 5.41) is 23.7. The van der Waals surface area contributed by atoms with Gasteiger partial charge in [-0.05, 0) is 33.7 Å². The third-order valence-corrected chi connectivity index (χ3v) is 4.48. The summed E-state index contributed by atoms with van der Waals surface area (Å²) in [7, 11) is 0. The van der Waals surface area contributed by atoms with Crippen molar-refractivity contribution in [3.63, 3.8) is 0 Å². The standard InChI is InChI=1S/C18H16N6OS/c19-11-10-14-6-8-16(9-7-14)20-17(25)13-26-18-21-22-23-24(18)12-15-4-2-1-3-5-15/h1-9H,10,12-13H2,(H,20,25). The molecule has 0 saturated carbocycles. The van der Waals surface area contributed by atoms with Gasteiger partial charge in [0.1, 0.15) is 0 Å². The number of benzene rings is 2. The SMILES string of the molecule is N#CCc1ccc(NC(=O)CSc2nnnn2Cc2ccccc2)cc1. The van der Waals surface area contributed by atoms with E-state index in [0.717, 1.165) is 11.1 Å². The molecule has 8 heteroatoms. The van der Waals surface area contributed by atoms with Crippen LogP contribution >= 0.6 is 11.8 Å². The molecule has 1 N–H and O–H groups in total. The number of aromatic nitrogens is 4. The van der Waals surface area contributed by atoms with Crippen LogP contribution in [-0.2, 0) is 17.8 Å². The van der Waals surface area contributed by atoms with Crippen LogP contribution in [-0.4, -0.2) is 31.9 Å². The average molecular weight is 364 g/mol. The Bertz CT molecular complexity index is 901. The molecule has 130 valence electrons. The number of thioether (sulfide) groups is 1. The van der Waals surface area contributed by atoms with E-state index in [2.05, 4.69) is 26.9 Å². The van der Waals surface area contributed by atoms with Gasteiger partial charge < -0.3 is 5.32 Å². The summed E-state index contributed by atoms with van der Waals surface area (Å²) in [4.78, 5) is 12.1. The van der Waals surface area contributed by atoms with Gasteiger partial charge in [-0.15, -0.1) is 5.10 Å². The summed E-state index contributed by atoms with van der Waals surface area (Å²) >= 11 is 1.28. The molecule has 0 spiro atoms. The summed E-state index contributed by atoms with van der Waals surface area (Å²) < 4.78 is 1.67. The molecule has 0 aliphatic heterocycles. The van der Waals surface area contributed by atoms with Crippen molar-refractivity contribution in [1.82, 2.24) is 20.2 Å². The third-order valence-electron chi connectivity index (χ3n) is 3.53. The van der Waals surface area contributed by atoms with E-state index in [0.29, 0.717) is 23.8 Å². The van der Waals surface area contributed by atoms with E-state index in [-0.39, 0.29) is 11.7 Å².